The van der Waals surface area contributed by atoms with Gasteiger partial charge < -0.3 is 9.47 Å². The van der Waals surface area contributed by atoms with Crippen molar-refractivity contribution in [3.8, 4) is 11.4 Å². The molecule has 0 radical (unpaired) electrons. The molecular formula is C23H21FN4OS. The van der Waals surface area contributed by atoms with E-state index in [1.54, 1.807) is 34.7 Å². The molecule has 0 N–H and O–H groups in total. The average Bonchev–Trinajstić information content (AvgIpc) is 3.13. The Morgan fingerprint density at radius 1 is 1.03 bits per heavy atom. The molecule has 0 saturated carbocycles. The summed E-state index contributed by atoms with van der Waals surface area (Å²) in [4.78, 5) is 14.8. The number of halogens is 1. The van der Waals surface area contributed by atoms with Crippen LogP contribution in [0.15, 0.2) is 71.9 Å². The number of hydrogen-bond acceptors (Lipinski definition) is 4. The Morgan fingerprint density at radius 2 is 1.77 bits per heavy atom. The minimum atomic E-state index is -0.353. The number of aromatic nitrogens is 3. The van der Waals surface area contributed by atoms with Crippen LogP contribution < -0.4 is 4.90 Å². The van der Waals surface area contributed by atoms with Crippen LogP contribution in [0.25, 0.3) is 22.2 Å². The van der Waals surface area contributed by atoms with Crippen molar-refractivity contribution in [2.75, 3.05) is 17.2 Å². The SMILES string of the molecule is CCN(C(=O)CSc1nnc(-c2ccccc2F)n1C)c1cccc2ccccc12. The first-order chi connectivity index (χ1) is 14.6. The first-order valence-corrected chi connectivity index (χ1v) is 10.6. The van der Waals surface area contributed by atoms with Crippen molar-refractivity contribution in [3.63, 3.8) is 0 Å². The number of rotatable bonds is 6. The molecule has 30 heavy (non-hydrogen) atoms. The van der Waals surface area contributed by atoms with Crippen LogP contribution in [0.2, 0.25) is 0 Å². The highest BCUT2D eigenvalue weighted by Crippen LogP contribution is 2.29. The zero-order valence-electron chi connectivity index (χ0n) is 16.7. The molecule has 0 fully saturated rings. The molecule has 0 aliphatic carbocycles. The second kappa shape index (κ2) is 8.67. The number of anilines is 1. The van der Waals surface area contributed by atoms with Crippen molar-refractivity contribution in [2.45, 2.75) is 12.1 Å². The fourth-order valence-corrected chi connectivity index (χ4v) is 4.23. The molecular weight excluding hydrogens is 399 g/mol. The monoisotopic (exact) mass is 420 g/mol. The van der Waals surface area contributed by atoms with Crippen LogP contribution in [0.5, 0.6) is 0 Å². The quantitative estimate of drug-likeness (QED) is 0.416. The summed E-state index contributed by atoms with van der Waals surface area (Å²) in [5.41, 5.74) is 1.28. The van der Waals surface area contributed by atoms with Gasteiger partial charge in [0.15, 0.2) is 11.0 Å². The third-order valence-corrected chi connectivity index (χ3v) is 5.95. The smallest absolute Gasteiger partial charge is 0.237 e. The van der Waals surface area contributed by atoms with Gasteiger partial charge in [0.25, 0.3) is 0 Å². The molecule has 1 amide bonds. The second-order valence-electron chi connectivity index (χ2n) is 6.77. The minimum Gasteiger partial charge on any atom is -0.311 e. The standard InChI is InChI=1S/C23H21FN4OS/c1-3-28(20-14-8-10-16-9-4-5-11-17(16)20)21(29)15-30-23-26-25-22(27(23)2)18-12-6-7-13-19(18)24/h4-14H,3,15H2,1-2H3. The van der Waals surface area contributed by atoms with Crippen LogP contribution in [0.4, 0.5) is 10.1 Å². The first kappa shape index (κ1) is 20.1. The molecule has 1 heterocycles. The van der Waals surface area contributed by atoms with Crippen LogP contribution in [-0.4, -0.2) is 33.0 Å². The van der Waals surface area contributed by atoms with E-state index < -0.39 is 0 Å². The zero-order chi connectivity index (χ0) is 21.1. The largest absolute Gasteiger partial charge is 0.311 e. The lowest BCUT2D eigenvalue weighted by Gasteiger charge is -2.22. The highest BCUT2D eigenvalue weighted by Gasteiger charge is 2.19. The van der Waals surface area contributed by atoms with Gasteiger partial charge in [-0.25, -0.2) is 4.39 Å². The summed E-state index contributed by atoms with van der Waals surface area (Å²) >= 11 is 1.30. The van der Waals surface area contributed by atoms with Gasteiger partial charge in [0.05, 0.1) is 17.0 Å². The molecule has 0 aliphatic rings. The summed E-state index contributed by atoms with van der Waals surface area (Å²) in [7, 11) is 1.77. The summed E-state index contributed by atoms with van der Waals surface area (Å²) in [5, 5.41) is 11.0. The van der Waals surface area contributed by atoms with E-state index in [-0.39, 0.29) is 17.5 Å². The van der Waals surface area contributed by atoms with Crippen LogP contribution in [-0.2, 0) is 11.8 Å². The molecule has 0 spiro atoms. The van der Waals surface area contributed by atoms with Crippen LogP contribution in [0.3, 0.4) is 0 Å². The normalized spacial score (nSPS) is 11.0. The molecule has 0 atom stereocenters. The maximum Gasteiger partial charge on any atom is 0.237 e. The Kier molecular flexibility index (Phi) is 5.81. The van der Waals surface area contributed by atoms with E-state index in [2.05, 4.69) is 10.2 Å². The number of fused-ring (bicyclic) bond motifs is 1. The molecule has 7 heteroatoms. The van der Waals surface area contributed by atoms with Crippen molar-refractivity contribution < 1.29 is 9.18 Å². The number of carbonyl (C=O) groups is 1. The van der Waals surface area contributed by atoms with Crippen molar-refractivity contribution >= 4 is 34.1 Å². The van der Waals surface area contributed by atoms with E-state index in [0.717, 1.165) is 16.5 Å². The van der Waals surface area contributed by atoms with Gasteiger partial charge in [-0.3, -0.25) is 4.79 Å². The molecule has 3 aromatic carbocycles. The Hall–Kier alpha value is -3.19. The van der Waals surface area contributed by atoms with Gasteiger partial charge in [-0.2, -0.15) is 0 Å². The number of thioether (sulfide) groups is 1. The predicted molar refractivity (Wildman–Crippen MR) is 119 cm³/mol. The summed E-state index contributed by atoms with van der Waals surface area (Å²) in [6, 6.07) is 20.4. The lowest BCUT2D eigenvalue weighted by atomic mass is 10.1. The van der Waals surface area contributed by atoms with E-state index in [0.29, 0.717) is 23.1 Å². The second-order valence-corrected chi connectivity index (χ2v) is 7.71. The Morgan fingerprint density at radius 3 is 2.57 bits per heavy atom. The van der Waals surface area contributed by atoms with Crippen molar-refractivity contribution in [3.05, 3.63) is 72.5 Å². The highest BCUT2D eigenvalue weighted by atomic mass is 32.2. The van der Waals surface area contributed by atoms with E-state index in [1.807, 2.05) is 49.4 Å². The fraction of sp³-hybridized carbons (Fsp3) is 0.174. The molecule has 4 aromatic rings. The number of nitrogens with zero attached hydrogens (tertiary/aromatic N) is 4. The maximum absolute atomic E-state index is 14.1. The van der Waals surface area contributed by atoms with Crippen LogP contribution in [0.1, 0.15) is 6.92 Å². The molecule has 0 bridgehead atoms. The third-order valence-electron chi connectivity index (χ3n) is 4.95. The van der Waals surface area contributed by atoms with Crippen LogP contribution >= 0.6 is 11.8 Å². The third kappa shape index (κ3) is 3.80. The van der Waals surface area contributed by atoms with E-state index in [4.69, 9.17) is 0 Å². The molecule has 5 nitrogen and oxygen atoms in total. The van der Waals surface area contributed by atoms with Gasteiger partial charge in [-0.15, -0.1) is 10.2 Å². The molecule has 1 aromatic heterocycles. The maximum atomic E-state index is 14.1. The van der Waals surface area contributed by atoms with Crippen molar-refractivity contribution in [1.82, 2.24) is 14.8 Å². The van der Waals surface area contributed by atoms with Crippen molar-refractivity contribution in [2.24, 2.45) is 7.05 Å². The summed E-state index contributed by atoms with van der Waals surface area (Å²) in [6.45, 7) is 2.52. The molecule has 0 aliphatic heterocycles. The van der Waals surface area contributed by atoms with Crippen molar-refractivity contribution in [1.29, 1.82) is 0 Å². The molecule has 4 rings (SSSR count). The zero-order valence-corrected chi connectivity index (χ0v) is 17.6. The Balaban J connectivity index is 1.54. The van der Waals surface area contributed by atoms with Gasteiger partial charge in [0.1, 0.15) is 5.82 Å². The van der Waals surface area contributed by atoms with E-state index >= 15 is 0 Å². The van der Waals surface area contributed by atoms with Gasteiger partial charge >= 0.3 is 0 Å². The molecule has 0 unspecified atom stereocenters. The fourth-order valence-electron chi connectivity index (χ4n) is 3.45. The molecule has 152 valence electrons. The Bertz CT molecular complexity index is 1200. The van der Waals surface area contributed by atoms with Gasteiger partial charge in [0.2, 0.25) is 5.91 Å². The van der Waals surface area contributed by atoms with Gasteiger partial charge in [-0.05, 0) is 30.5 Å². The van der Waals surface area contributed by atoms with E-state index in [9.17, 15) is 9.18 Å². The highest BCUT2D eigenvalue weighted by molar-refractivity contribution is 7.99. The lowest BCUT2D eigenvalue weighted by Crippen LogP contribution is -2.32. The summed E-state index contributed by atoms with van der Waals surface area (Å²) < 4.78 is 15.8. The lowest BCUT2D eigenvalue weighted by molar-refractivity contribution is -0.116. The Labute approximate surface area is 178 Å². The van der Waals surface area contributed by atoms with Gasteiger partial charge in [0, 0.05) is 19.0 Å². The van der Waals surface area contributed by atoms with Crippen LogP contribution in [0, 0.1) is 5.82 Å². The first-order valence-electron chi connectivity index (χ1n) is 9.65. The summed E-state index contributed by atoms with van der Waals surface area (Å²) in [6.07, 6.45) is 0. The number of benzene rings is 3. The van der Waals surface area contributed by atoms with Gasteiger partial charge in [-0.1, -0.05) is 60.3 Å². The average molecular weight is 421 g/mol. The summed E-state index contributed by atoms with van der Waals surface area (Å²) in [5.74, 6) is 0.271. The topological polar surface area (TPSA) is 51.0 Å². The van der Waals surface area contributed by atoms with E-state index in [1.165, 1.54) is 17.8 Å². The predicted octanol–water partition coefficient (Wildman–Crippen LogP) is 4.92. The number of hydrogen-bond donors (Lipinski definition) is 0. The number of carbonyl (C=O) groups excluding carboxylic acids is 1. The molecule has 0 saturated heterocycles. The minimum absolute atomic E-state index is 0.0192. The number of amides is 1.